The number of benzene rings is 2. The standard InChI is InChI=1S/C19H19ClN4O3S/c1-11(18(25)21-13-6-4-12(20)5-7-13)28-19-22-17(23-24-19)15-9-8-14(26-2)10-16(15)27-3/h4-11H,1-3H3,(H,21,25)(H,22,23,24). The fourth-order valence-corrected chi connectivity index (χ4v) is 3.25. The van der Waals surface area contributed by atoms with Gasteiger partial charge < -0.3 is 14.8 Å². The second kappa shape index (κ2) is 8.99. The molecule has 1 amide bonds. The van der Waals surface area contributed by atoms with E-state index in [2.05, 4.69) is 20.5 Å². The maximum Gasteiger partial charge on any atom is 0.237 e. The largest absolute Gasteiger partial charge is 0.497 e. The van der Waals surface area contributed by atoms with Crippen molar-refractivity contribution in [3.8, 4) is 22.9 Å². The van der Waals surface area contributed by atoms with Gasteiger partial charge in [0.05, 0.1) is 25.0 Å². The molecule has 0 saturated heterocycles. The van der Waals surface area contributed by atoms with E-state index in [1.54, 1.807) is 51.5 Å². The molecule has 1 heterocycles. The molecule has 0 aliphatic rings. The summed E-state index contributed by atoms with van der Waals surface area (Å²) in [5.41, 5.74) is 1.43. The van der Waals surface area contributed by atoms with Gasteiger partial charge in [0.2, 0.25) is 11.1 Å². The summed E-state index contributed by atoms with van der Waals surface area (Å²) in [6.45, 7) is 1.79. The molecule has 9 heteroatoms. The van der Waals surface area contributed by atoms with Crippen LogP contribution in [-0.2, 0) is 4.79 Å². The topological polar surface area (TPSA) is 89.1 Å². The van der Waals surface area contributed by atoms with Crippen LogP contribution in [0, 0.1) is 0 Å². The number of rotatable bonds is 7. The highest BCUT2D eigenvalue weighted by Crippen LogP contribution is 2.32. The fourth-order valence-electron chi connectivity index (χ4n) is 2.40. The highest BCUT2D eigenvalue weighted by Gasteiger charge is 2.19. The van der Waals surface area contributed by atoms with Crippen LogP contribution in [0.4, 0.5) is 5.69 Å². The number of aromatic amines is 1. The molecule has 2 N–H and O–H groups in total. The van der Waals surface area contributed by atoms with Crippen LogP contribution in [0.1, 0.15) is 6.92 Å². The maximum absolute atomic E-state index is 12.4. The van der Waals surface area contributed by atoms with Gasteiger partial charge in [0.25, 0.3) is 0 Å². The Morgan fingerprint density at radius 2 is 1.93 bits per heavy atom. The average Bonchev–Trinajstić information content (AvgIpc) is 3.17. The van der Waals surface area contributed by atoms with Crippen LogP contribution in [0.25, 0.3) is 11.4 Å². The first-order chi connectivity index (χ1) is 13.5. The Morgan fingerprint density at radius 3 is 2.61 bits per heavy atom. The zero-order valence-corrected chi connectivity index (χ0v) is 17.1. The van der Waals surface area contributed by atoms with Crippen molar-refractivity contribution in [1.82, 2.24) is 15.2 Å². The average molecular weight is 419 g/mol. The molecule has 1 aromatic heterocycles. The summed E-state index contributed by atoms with van der Waals surface area (Å²) < 4.78 is 10.6. The Balaban J connectivity index is 1.68. The van der Waals surface area contributed by atoms with Crippen molar-refractivity contribution in [2.24, 2.45) is 0 Å². The number of anilines is 1. The van der Waals surface area contributed by atoms with Gasteiger partial charge in [-0.2, -0.15) is 0 Å². The Kier molecular flexibility index (Phi) is 6.43. The lowest BCUT2D eigenvalue weighted by molar-refractivity contribution is -0.115. The van der Waals surface area contributed by atoms with Crippen LogP contribution in [-0.4, -0.2) is 40.6 Å². The minimum absolute atomic E-state index is 0.152. The number of hydrogen-bond donors (Lipinski definition) is 2. The van der Waals surface area contributed by atoms with Crippen LogP contribution in [0.5, 0.6) is 11.5 Å². The molecular weight excluding hydrogens is 400 g/mol. The third kappa shape index (κ3) is 4.76. The molecule has 7 nitrogen and oxygen atoms in total. The van der Waals surface area contributed by atoms with Gasteiger partial charge in [-0.05, 0) is 43.3 Å². The first-order valence-electron chi connectivity index (χ1n) is 8.38. The fraction of sp³-hybridized carbons (Fsp3) is 0.211. The number of nitrogens with one attached hydrogen (secondary N) is 2. The minimum atomic E-state index is -0.392. The number of carbonyl (C=O) groups is 1. The Morgan fingerprint density at radius 1 is 1.18 bits per heavy atom. The predicted molar refractivity (Wildman–Crippen MR) is 110 cm³/mol. The number of H-pyrrole nitrogens is 1. The summed E-state index contributed by atoms with van der Waals surface area (Å²) in [5, 5.41) is 10.6. The van der Waals surface area contributed by atoms with Crippen molar-refractivity contribution in [2.75, 3.05) is 19.5 Å². The first-order valence-corrected chi connectivity index (χ1v) is 9.64. The second-order valence-electron chi connectivity index (χ2n) is 5.79. The third-order valence-corrected chi connectivity index (χ3v) is 5.10. The van der Waals surface area contributed by atoms with Gasteiger partial charge in [-0.3, -0.25) is 9.89 Å². The number of thioether (sulfide) groups is 1. The number of hydrogen-bond acceptors (Lipinski definition) is 6. The minimum Gasteiger partial charge on any atom is -0.497 e. The van der Waals surface area contributed by atoms with Crippen LogP contribution in [0.2, 0.25) is 5.02 Å². The summed E-state index contributed by atoms with van der Waals surface area (Å²) in [5.74, 6) is 1.69. The third-order valence-electron chi connectivity index (χ3n) is 3.89. The lowest BCUT2D eigenvalue weighted by Gasteiger charge is -2.10. The number of aromatic nitrogens is 3. The molecule has 1 unspecified atom stereocenters. The van der Waals surface area contributed by atoms with Crippen molar-refractivity contribution in [3.05, 3.63) is 47.5 Å². The van der Waals surface area contributed by atoms with E-state index < -0.39 is 5.25 Å². The summed E-state index contributed by atoms with van der Waals surface area (Å²) in [4.78, 5) is 16.8. The number of halogens is 1. The number of carbonyl (C=O) groups excluding carboxylic acids is 1. The molecule has 1 atom stereocenters. The first kappa shape index (κ1) is 20.0. The number of amides is 1. The summed E-state index contributed by atoms with van der Waals surface area (Å²) in [7, 11) is 3.17. The van der Waals surface area contributed by atoms with E-state index in [0.29, 0.717) is 33.2 Å². The van der Waals surface area contributed by atoms with Gasteiger partial charge in [-0.1, -0.05) is 23.4 Å². The lowest BCUT2D eigenvalue weighted by Crippen LogP contribution is -2.22. The van der Waals surface area contributed by atoms with E-state index in [0.717, 1.165) is 5.56 Å². The van der Waals surface area contributed by atoms with E-state index in [1.165, 1.54) is 11.8 Å². The number of nitrogens with zero attached hydrogens (tertiary/aromatic N) is 2. The predicted octanol–water partition coefficient (Wildman–Crippen LogP) is 4.26. The molecular formula is C19H19ClN4O3S. The highest BCUT2D eigenvalue weighted by atomic mass is 35.5. The molecule has 28 heavy (non-hydrogen) atoms. The molecule has 3 rings (SSSR count). The summed E-state index contributed by atoms with van der Waals surface area (Å²) in [6.07, 6.45) is 0. The highest BCUT2D eigenvalue weighted by molar-refractivity contribution is 8.00. The molecule has 0 aliphatic heterocycles. The SMILES string of the molecule is COc1ccc(-c2nc(SC(C)C(=O)Nc3ccc(Cl)cc3)n[nH]2)c(OC)c1. The van der Waals surface area contributed by atoms with Gasteiger partial charge >= 0.3 is 0 Å². The smallest absolute Gasteiger partial charge is 0.237 e. The number of methoxy groups -OCH3 is 2. The normalized spacial score (nSPS) is 11.7. The van der Waals surface area contributed by atoms with E-state index in [9.17, 15) is 4.79 Å². The Hall–Kier alpha value is -2.71. The van der Waals surface area contributed by atoms with E-state index >= 15 is 0 Å². The van der Waals surface area contributed by atoms with E-state index in [1.807, 2.05) is 12.1 Å². The van der Waals surface area contributed by atoms with Gasteiger partial charge in [-0.15, -0.1) is 5.10 Å². The lowest BCUT2D eigenvalue weighted by atomic mass is 10.2. The summed E-state index contributed by atoms with van der Waals surface area (Å²) in [6, 6.07) is 12.4. The van der Waals surface area contributed by atoms with Crippen molar-refractivity contribution < 1.29 is 14.3 Å². The molecule has 146 valence electrons. The van der Waals surface area contributed by atoms with Crippen molar-refractivity contribution in [2.45, 2.75) is 17.3 Å². The van der Waals surface area contributed by atoms with Crippen molar-refractivity contribution in [1.29, 1.82) is 0 Å². The zero-order chi connectivity index (χ0) is 20.1. The quantitative estimate of drug-likeness (QED) is 0.557. The molecule has 2 aromatic carbocycles. The van der Waals surface area contributed by atoms with Crippen LogP contribution < -0.4 is 14.8 Å². The van der Waals surface area contributed by atoms with Crippen LogP contribution in [0.3, 0.4) is 0 Å². The summed E-state index contributed by atoms with van der Waals surface area (Å²) >= 11 is 7.11. The van der Waals surface area contributed by atoms with E-state index in [4.69, 9.17) is 21.1 Å². The molecule has 0 bridgehead atoms. The van der Waals surface area contributed by atoms with Crippen molar-refractivity contribution >= 4 is 35.0 Å². The van der Waals surface area contributed by atoms with Gasteiger partial charge in [0.15, 0.2) is 5.82 Å². The van der Waals surface area contributed by atoms with Crippen LogP contribution >= 0.6 is 23.4 Å². The van der Waals surface area contributed by atoms with E-state index in [-0.39, 0.29) is 5.91 Å². The molecule has 3 aromatic rings. The molecule has 0 aliphatic carbocycles. The van der Waals surface area contributed by atoms with Gasteiger partial charge in [0.1, 0.15) is 11.5 Å². The Labute approximate surface area is 171 Å². The molecule has 0 fully saturated rings. The van der Waals surface area contributed by atoms with Crippen molar-refractivity contribution in [3.63, 3.8) is 0 Å². The monoisotopic (exact) mass is 418 g/mol. The zero-order valence-electron chi connectivity index (χ0n) is 15.5. The second-order valence-corrected chi connectivity index (χ2v) is 7.53. The van der Waals surface area contributed by atoms with Crippen LogP contribution in [0.15, 0.2) is 47.6 Å². The maximum atomic E-state index is 12.4. The molecule has 0 saturated carbocycles. The molecule has 0 spiro atoms. The van der Waals surface area contributed by atoms with Gasteiger partial charge in [-0.25, -0.2) is 4.98 Å². The Bertz CT molecular complexity index is 962. The number of ether oxygens (including phenoxy) is 2. The molecule has 0 radical (unpaired) electrons. The van der Waals surface area contributed by atoms with Gasteiger partial charge in [0, 0.05) is 16.8 Å².